The third-order valence-corrected chi connectivity index (χ3v) is 6.07. The lowest BCUT2D eigenvalue weighted by Crippen LogP contribution is -2.20. The Labute approximate surface area is 148 Å². The van der Waals surface area contributed by atoms with E-state index in [1.807, 2.05) is 12.3 Å². The first kappa shape index (κ1) is 14.9. The number of pyridine rings is 1. The average molecular weight is 353 g/mol. The maximum absolute atomic E-state index is 6.22. The minimum atomic E-state index is 0.497. The van der Waals surface area contributed by atoms with E-state index in [9.17, 15) is 0 Å². The molecule has 0 spiro atoms. The largest absolute Gasteiger partial charge is 0.382 e. The van der Waals surface area contributed by atoms with Gasteiger partial charge < -0.3 is 10.3 Å². The number of aromatic amines is 1. The monoisotopic (exact) mass is 353 g/mol. The fourth-order valence-corrected chi connectivity index (χ4v) is 4.75. The summed E-state index contributed by atoms with van der Waals surface area (Å²) >= 11 is 1.69. The predicted octanol–water partition coefficient (Wildman–Crippen LogP) is 2.75. The van der Waals surface area contributed by atoms with Crippen LogP contribution in [0.2, 0.25) is 0 Å². The maximum Gasteiger partial charge on any atom is 0.152 e. The number of hydrogen-bond acceptors (Lipinski definition) is 6. The summed E-state index contributed by atoms with van der Waals surface area (Å²) in [6.45, 7) is 3.16. The lowest BCUT2D eigenvalue weighted by molar-refractivity contribution is 0.319. The van der Waals surface area contributed by atoms with Crippen LogP contribution < -0.4 is 5.73 Å². The summed E-state index contributed by atoms with van der Waals surface area (Å²) in [5.74, 6) is 1.55. The van der Waals surface area contributed by atoms with Crippen LogP contribution in [0.15, 0.2) is 18.3 Å². The molecule has 0 unspecified atom stereocenters. The second kappa shape index (κ2) is 5.53. The zero-order chi connectivity index (χ0) is 17.0. The highest BCUT2D eigenvalue weighted by Crippen LogP contribution is 2.37. The van der Waals surface area contributed by atoms with Crippen molar-refractivity contribution < 1.29 is 0 Å². The van der Waals surface area contributed by atoms with Crippen LogP contribution in [0.4, 0.5) is 5.82 Å². The first-order chi connectivity index (χ1) is 12.2. The van der Waals surface area contributed by atoms with Crippen LogP contribution in [0, 0.1) is 0 Å². The molecule has 0 bridgehead atoms. The van der Waals surface area contributed by atoms with Gasteiger partial charge in [-0.1, -0.05) is 0 Å². The van der Waals surface area contributed by atoms with Gasteiger partial charge in [0.25, 0.3) is 0 Å². The van der Waals surface area contributed by atoms with Gasteiger partial charge in [-0.15, -0.1) is 11.3 Å². The van der Waals surface area contributed by atoms with Gasteiger partial charge in [0.05, 0.1) is 27.2 Å². The molecule has 0 aliphatic carbocycles. The van der Waals surface area contributed by atoms with E-state index in [1.54, 1.807) is 11.3 Å². The molecule has 7 nitrogen and oxygen atoms in total. The van der Waals surface area contributed by atoms with Crippen LogP contribution in [0.5, 0.6) is 0 Å². The van der Waals surface area contributed by atoms with E-state index < -0.39 is 0 Å². The van der Waals surface area contributed by atoms with Gasteiger partial charge in [0.2, 0.25) is 0 Å². The van der Waals surface area contributed by atoms with Crippen molar-refractivity contribution in [2.45, 2.75) is 19.4 Å². The fourth-order valence-electron chi connectivity index (χ4n) is 3.61. The molecule has 5 rings (SSSR count). The topological polar surface area (TPSA) is 88.6 Å². The van der Waals surface area contributed by atoms with Crippen molar-refractivity contribution in [3.63, 3.8) is 0 Å². The van der Waals surface area contributed by atoms with E-state index >= 15 is 0 Å². The molecule has 4 aromatic heterocycles. The van der Waals surface area contributed by atoms with Gasteiger partial charge in [-0.05, 0) is 38.1 Å². The molecule has 8 heteroatoms. The lowest BCUT2D eigenvalue weighted by Gasteiger charge is -2.13. The first-order valence-electron chi connectivity index (χ1n) is 8.47. The summed E-state index contributed by atoms with van der Waals surface area (Å²) in [5.41, 5.74) is 9.93. The number of hydrogen-bond donors (Lipinski definition) is 2. The van der Waals surface area contributed by atoms with Crippen LogP contribution in [-0.4, -0.2) is 42.7 Å². The molecule has 1 saturated heterocycles. The van der Waals surface area contributed by atoms with Crippen molar-refractivity contribution in [3.05, 3.63) is 24.2 Å². The Kier molecular flexibility index (Phi) is 3.29. The molecular weight excluding hydrogens is 334 g/mol. The van der Waals surface area contributed by atoms with E-state index in [4.69, 9.17) is 10.7 Å². The number of H-pyrrole nitrogens is 1. The number of fused-ring (bicyclic) bond motifs is 3. The number of imidazole rings is 1. The number of rotatable bonds is 3. The number of aromatic nitrogens is 5. The Morgan fingerprint density at radius 1 is 1.28 bits per heavy atom. The fraction of sp³-hybridized carbons (Fsp3) is 0.353. The van der Waals surface area contributed by atoms with E-state index in [0.717, 1.165) is 57.3 Å². The summed E-state index contributed by atoms with van der Waals surface area (Å²) in [6.07, 6.45) is 4.38. The molecule has 1 fully saturated rings. The summed E-state index contributed by atoms with van der Waals surface area (Å²) in [6, 6.07) is 4.02. The molecule has 4 aromatic rings. The molecule has 25 heavy (non-hydrogen) atoms. The normalized spacial score (nSPS) is 15.7. The van der Waals surface area contributed by atoms with E-state index in [1.165, 1.54) is 12.8 Å². The van der Waals surface area contributed by atoms with Crippen LogP contribution in [0.25, 0.3) is 31.8 Å². The van der Waals surface area contributed by atoms with E-state index in [0.29, 0.717) is 5.82 Å². The third kappa shape index (κ3) is 2.32. The van der Waals surface area contributed by atoms with Crippen molar-refractivity contribution in [1.82, 2.24) is 29.6 Å². The second-order valence-electron chi connectivity index (χ2n) is 6.55. The molecule has 1 aliphatic rings. The van der Waals surface area contributed by atoms with Gasteiger partial charge in [-0.3, -0.25) is 10.00 Å². The van der Waals surface area contributed by atoms with Gasteiger partial charge in [-0.2, -0.15) is 5.10 Å². The molecule has 5 heterocycles. The third-order valence-electron chi connectivity index (χ3n) is 4.92. The Bertz CT molecular complexity index is 1050. The Morgan fingerprint density at radius 3 is 2.88 bits per heavy atom. The van der Waals surface area contributed by atoms with Gasteiger partial charge in [0.15, 0.2) is 5.82 Å². The standard InChI is InChI=1S/C17H19N7S/c1-23-13(9-24-6-2-3-7-24)21-14-15(23)16-11(20-17(14)18)8-12(25-16)10-4-5-19-22-10/h4-5,8H,2-3,6-7,9H2,1H3,(H2,18,20)(H,19,22). The van der Waals surface area contributed by atoms with Gasteiger partial charge in [0.1, 0.15) is 17.0 Å². The summed E-state index contributed by atoms with van der Waals surface area (Å²) in [4.78, 5) is 12.9. The summed E-state index contributed by atoms with van der Waals surface area (Å²) in [5, 5.41) is 7.14. The van der Waals surface area contributed by atoms with E-state index in [2.05, 4.69) is 37.8 Å². The number of nitrogen functional groups attached to an aromatic ring is 1. The lowest BCUT2D eigenvalue weighted by atomic mass is 10.3. The highest BCUT2D eigenvalue weighted by molar-refractivity contribution is 7.23. The zero-order valence-corrected chi connectivity index (χ0v) is 14.8. The van der Waals surface area contributed by atoms with Crippen LogP contribution in [0.1, 0.15) is 18.7 Å². The highest BCUT2D eigenvalue weighted by Gasteiger charge is 2.20. The zero-order valence-electron chi connectivity index (χ0n) is 14.0. The minimum absolute atomic E-state index is 0.497. The molecular formula is C17H19N7S. The highest BCUT2D eigenvalue weighted by atomic mass is 32.1. The number of nitrogens with two attached hydrogens (primary N) is 1. The van der Waals surface area contributed by atoms with Crippen molar-refractivity contribution in [2.24, 2.45) is 7.05 Å². The maximum atomic E-state index is 6.22. The summed E-state index contributed by atoms with van der Waals surface area (Å²) in [7, 11) is 2.08. The van der Waals surface area contributed by atoms with Gasteiger partial charge in [-0.25, -0.2) is 9.97 Å². The van der Waals surface area contributed by atoms with Crippen LogP contribution >= 0.6 is 11.3 Å². The SMILES string of the molecule is Cn1c(CN2CCCC2)nc2c(N)nc3cc(-c4cc[nH]n4)sc3c21. The number of thiophene rings is 1. The molecule has 3 N–H and O–H groups in total. The second-order valence-corrected chi connectivity index (χ2v) is 7.60. The molecule has 0 saturated carbocycles. The van der Waals surface area contributed by atoms with Crippen molar-refractivity contribution in [2.75, 3.05) is 18.8 Å². The number of anilines is 1. The summed E-state index contributed by atoms with van der Waals surface area (Å²) < 4.78 is 3.30. The van der Waals surface area contributed by atoms with Crippen molar-refractivity contribution in [3.8, 4) is 10.6 Å². The Morgan fingerprint density at radius 2 is 2.12 bits per heavy atom. The van der Waals surface area contributed by atoms with Crippen LogP contribution in [0.3, 0.4) is 0 Å². The van der Waals surface area contributed by atoms with Gasteiger partial charge in [0, 0.05) is 13.2 Å². The van der Waals surface area contributed by atoms with Crippen LogP contribution in [-0.2, 0) is 13.6 Å². The Balaban J connectivity index is 1.69. The minimum Gasteiger partial charge on any atom is -0.382 e. The number of nitrogens with zero attached hydrogens (tertiary/aromatic N) is 5. The van der Waals surface area contributed by atoms with Crippen molar-refractivity contribution in [1.29, 1.82) is 0 Å². The van der Waals surface area contributed by atoms with Crippen molar-refractivity contribution >= 4 is 38.4 Å². The molecule has 0 radical (unpaired) electrons. The number of likely N-dealkylation sites (tertiary alicyclic amines) is 1. The quantitative estimate of drug-likeness (QED) is 0.591. The van der Waals surface area contributed by atoms with E-state index in [-0.39, 0.29) is 0 Å². The molecule has 0 amide bonds. The predicted molar refractivity (Wildman–Crippen MR) is 100 cm³/mol. The molecule has 1 aliphatic heterocycles. The number of aryl methyl sites for hydroxylation is 1. The molecule has 128 valence electrons. The molecule has 0 atom stereocenters. The number of nitrogens with one attached hydrogen (secondary N) is 1. The van der Waals surface area contributed by atoms with Gasteiger partial charge >= 0.3 is 0 Å². The smallest absolute Gasteiger partial charge is 0.152 e. The molecule has 0 aromatic carbocycles. The average Bonchev–Trinajstić information content (AvgIpc) is 3.35. The Hall–Kier alpha value is -2.45. The first-order valence-corrected chi connectivity index (χ1v) is 9.29.